The molecule has 148 valence electrons. The van der Waals surface area contributed by atoms with Crippen LogP contribution in [0.15, 0.2) is 48.5 Å². The van der Waals surface area contributed by atoms with Gasteiger partial charge in [-0.3, -0.25) is 0 Å². The van der Waals surface area contributed by atoms with E-state index in [2.05, 4.69) is 25.6 Å². The van der Waals surface area contributed by atoms with Crippen molar-refractivity contribution in [3.63, 3.8) is 0 Å². The summed E-state index contributed by atoms with van der Waals surface area (Å²) in [5.41, 5.74) is 4.51. The van der Waals surface area contributed by atoms with E-state index < -0.39 is 0 Å². The highest BCUT2D eigenvalue weighted by molar-refractivity contribution is 5.89. The van der Waals surface area contributed by atoms with Crippen molar-refractivity contribution in [1.29, 1.82) is 0 Å². The Labute approximate surface area is 171 Å². The molecule has 3 heteroatoms. The van der Waals surface area contributed by atoms with Gasteiger partial charge in [-0.05, 0) is 48.4 Å². The highest BCUT2D eigenvalue weighted by atomic mass is 16.5. The van der Waals surface area contributed by atoms with Gasteiger partial charge in [0.15, 0.2) is 0 Å². The first-order valence-electron chi connectivity index (χ1n) is 10.1. The molecule has 0 radical (unpaired) electrons. The molecular weight excluding hydrogens is 360 g/mol. The molecule has 0 unspecified atom stereocenters. The molecule has 1 aliphatic heterocycles. The smallest absolute Gasteiger partial charge is 0.141 e. The normalized spacial score (nSPS) is 14.0. The van der Waals surface area contributed by atoms with E-state index in [-0.39, 0.29) is 5.75 Å². The third kappa shape index (κ3) is 3.27. The van der Waals surface area contributed by atoms with E-state index in [4.69, 9.17) is 9.47 Å². The molecule has 0 amide bonds. The van der Waals surface area contributed by atoms with Crippen LogP contribution in [0.25, 0.3) is 12.2 Å². The predicted molar refractivity (Wildman–Crippen MR) is 115 cm³/mol. The number of benzene rings is 3. The van der Waals surface area contributed by atoms with Crippen LogP contribution in [0.1, 0.15) is 42.0 Å². The van der Waals surface area contributed by atoms with Gasteiger partial charge in [0.2, 0.25) is 0 Å². The van der Waals surface area contributed by atoms with Crippen LogP contribution in [-0.4, -0.2) is 6.61 Å². The summed E-state index contributed by atoms with van der Waals surface area (Å²) in [6, 6.07) is 15.6. The molecule has 0 aromatic heterocycles. The third-order valence-electron chi connectivity index (χ3n) is 5.50. The highest BCUT2D eigenvalue weighted by Crippen LogP contribution is 2.48. The molecule has 4 rings (SSSR count). The minimum atomic E-state index is -0.0255. The molecule has 0 fully saturated rings. The second-order valence-electron chi connectivity index (χ2n) is 7.47. The Bertz CT molecular complexity index is 1190. The lowest BCUT2D eigenvalue weighted by atomic mass is 9.88. The minimum absolute atomic E-state index is 0.0255. The fourth-order valence-corrected chi connectivity index (χ4v) is 3.79. The third-order valence-corrected chi connectivity index (χ3v) is 5.50. The van der Waals surface area contributed by atoms with Crippen molar-refractivity contribution in [1.82, 2.24) is 0 Å². The molecule has 1 heterocycles. The van der Waals surface area contributed by atoms with Crippen LogP contribution in [0.4, 0.5) is 0 Å². The van der Waals surface area contributed by atoms with Gasteiger partial charge < -0.3 is 14.6 Å². The number of ether oxygens (including phenoxy) is 2. The van der Waals surface area contributed by atoms with Crippen LogP contribution < -0.4 is 25.0 Å². The average molecular weight is 385 g/mol. The van der Waals surface area contributed by atoms with E-state index in [0.29, 0.717) is 17.9 Å². The molecule has 0 atom stereocenters. The molecular formula is C26H25O3-. The van der Waals surface area contributed by atoms with Crippen molar-refractivity contribution in [2.45, 2.75) is 33.6 Å². The molecule has 3 aromatic carbocycles. The van der Waals surface area contributed by atoms with Crippen LogP contribution >= 0.6 is 0 Å². The zero-order valence-electron chi connectivity index (χ0n) is 17.2. The largest absolute Gasteiger partial charge is 0.872 e. The maximum Gasteiger partial charge on any atom is 0.141 e. The van der Waals surface area contributed by atoms with Crippen molar-refractivity contribution < 1.29 is 14.6 Å². The lowest BCUT2D eigenvalue weighted by Gasteiger charge is -2.29. The van der Waals surface area contributed by atoms with Gasteiger partial charge in [-0.25, -0.2) is 0 Å². The Morgan fingerprint density at radius 3 is 2.34 bits per heavy atom. The number of rotatable bonds is 4. The fraction of sp³-hybridized carbons (Fsp3) is 0.231. The maximum absolute atomic E-state index is 12.3. The van der Waals surface area contributed by atoms with Crippen LogP contribution in [0, 0.1) is 13.8 Å². The summed E-state index contributed by atoms with van der Waals surface area (Å²) in [5.74, 6) is 2.16. The topological polar surface area (TPSA) is 41.5 Å². The Kier molecular flexibility index (Phi) is 5.06. The van der Waals surface area contributed by atoms with Crippen molar-refractivity contribution in [2.24, 2.45) is 0 Å². The van der Waals surface area contributed by atoms with E-state index in [9.17, 15) is 5.11 Å². The molecule has 0 saturated carbocycles. The van der Waals surface area contributed by atoms with Crippen molar-refractivity contribution in [3.8, 4) is 23.0 Å². The number of fused-ring (bicyclic) bond motifs is 2. The number of hydrogen-bond donors (Lipinski definition) is 0. The minimum Gasteiger partial charge on any atom is -0.872 e. The van der Waals surface area contributed by atoms with Crippen molar-refractivity contribution in [3.05, 3.63) is 81.2 Å². The zero-order chi connectivity index (χ0) is 20.5. The van der Waals surface area contributed by atoms with Crippen molar-refractivity contribution >= 4 is 12.2 Å². The molecule has 0 N–H and O–H groups in total. The molecule has 0 spiro atoms. The summed E-state index contributed by atoms with van der Waals surface area (Å²) in [7, 11) is 0. The first-order valence-corrected chi connectivity index (χ1v) is 10.1. The van der Waals surface area contributed by atoms with Gasteiger partial charge in [0.25, 0.3) is 0 Å². The summed E-state index contributed by atoms with van der Waals surface area (Å²) in [5, 5.41) is 14.3. The highest BCUT2D eigenvalue weighted by Gasteiger charge is 2.27. The van der Waals surface area contributed by atoms with Crippen molar-refractivity contribution in [2.75, 3.05) is 6.61 Å². The van der Waals surface area contributed by atoms with E-state index >= 15 is 0 Å². The maximum atomic E-state index is 12.3. The second-order valence-corrected chi connectivity index (χ2v) is 7.47. The van der Waals surface area contributed by atoms with Gasteiger partial charge in [-0.1, -0.05) is 56.3 Å². The summed E-state index contributed by atoms with van der Waals surface area (Å²) in [6.45, 7) is 10.9. The first kappa shape index (κ1) is 19.1. The van der Waals surface area contributed by atoms with Crippen LogP contribution in [0.3, 0.4) is 0 Å². The summed E-state index contributed by atoms with van der Waals surface area (Å²) < 4.78 is 12.3. The summed E-state index contributed by atoms with van der Waals surface area (Å²) in [4.78, 5) is 0. The van der Waals surface area contributed by atoms with Gasteiger partial charge in [-0.15, -0.1) is 5.75 Å². The monoisotopic (exact) mass is 385 g/mol. The molecule has 0 bridgehead atoms. The van der Waals surface area contributed by atoms with Gasteiger partial charge in [0.1, 0.15) is 17.2 Å². The van der Waals surface area contributed by atoms with Crippen LogP contribution in [0.2, 0.25) is 0 Å². The van der Waals surface area contributed by atoms with E-state index in [1.165, 1.54) is 0 Å². The van der Waals surface area contributed by atoms with E-state index in [1.54, 1.807) is 6.07 Å². The quantitative estimate of drug-likeness (QED) is 0.491. The zero-order valence-corrected chi connectivity index (χ0v) is 17.2. The summed E-state index contributed by atoms with van der Waals surface area (Å²) in [6.07, 6.45) is 2.09. The molecule has 0 saturated heterocycles. The Hall–Kier alpha value is -3.20. The molecule has 3 aromatic rings. The first-order chi connectivity index (χ1) is 14.0. The summed E-state index contributed by atoms with van der Waals surface area (Å²) >= 11 is 0. The number of hydrogen-bond acceptors (Lipinski definition) is 3. The lowest BCUT2D eigenvalue weighted by molar-refractivity contribution is -0.269. The van der Waals surface area contributed by atoms with E-state index in [1.807, 2.05) is 44.2 Å². The molecule has 29 heavy (non-hydrogen) atoms. The van der Waals surface area contributed by atoms with Crippen LogP contribution in [0.5, 0.6) is 23.0 Å². The van der Waals surface area contributed by atoms with Gasteiger partial charge in [-0.2, -0.15) is 0 Å². The van der Waals surface area contributed by atoms with Crippen LogP contribution in [-0.2, 0) is 0 Å². The molecule has 0 aliphatic carbocycles. The molecule has 3 nitrogen and oxygen atoms in total. The van der Waals surface area contributed by atoms with E-state index in [0.717, 1.165) is 57.0 Å². The van der Waals surface area contributed by atoms with Gasteiger partial charge in [0.05, 0.1) is 6.61 Å². The number of unbranched alkanes of at least 4 members (excludes halogenated alkanes) is 1. The Morgan fingerprint density at radius 2 is 1.62 bits per heavy atom. The molecule has 1 aliphatic rings. The average Bonchev–Trinajstić information content (AvgIpc) is 2.72. The Balaban J connectivity index is 2.01. The van der Waals surface area contributed by atoms with Gasteiger partial charge in [0, 0.05) is 22.3 Å². The fourth-order valence-electron chi connectivity index (χ4n) is 3.79. The predicted octanol–water partition coefficient (Wildman–Crippen LogP) is 4.32. The Morgan fingerprint density at radius 1 is 0.931 bits per heavy atom. The SMILES string of the molecule is C=c1ccccc1=C1c2ccc([O-])c(C)c2Oc2c1ccc(OCCCC)c2C. The second kappa shape index (κ2) is 7.67. The standard InChI is InChI=1S/C26H26O3/c1-5-6-15-28-23-14-12-21-24(19-10-8-7-9-16(19)2)20-11-13-22(27)17(3)25(20)29-26(21)18(23)4/h7-14,27H,2,5-6,15H2,1,3-4H3/p-1. The van der Waals surface area contributed by atoms with Gasteiger partial charge >= 0.3 is 0 Å². The lowest BCUT2D eigenvalue weighted by Crippen LogP contribution is -2.27.